The molecule has 0 unspecified atom stereocenters. The number of hydrogen-bond donors (Lipinski definition) is 1. The molecule has 1 N–H and O–H groups in total. The maximum absolute atomic E-state index is 11.7. The number of nitrogens with zero attached hydrogens (tertiary/aromatic N) is 2. The summed E-state index contributed by atoms with van der Waals surface area (Å²) < 4.78 is 4.88. The molecule has 2 aromatic heterocycles. The molecule has 0 radical (unpaired) electrons. The Morgan fingerprint density at radius 2 is 2.28 bits per heavy atom. The molecule has 1 fully saturated rings. The lowest BCUT2D eigenvalue weighted by Crippen LogP contribution is -2.23. The number of amides is 2. The fraction of sp³-hybridized carbons (Fsp3) is 0.0833. The van der Waals surface area contributed by atoms with Gasteiger partial charge < -0.3 is 9.72 Å². The molecule has 3 rings (SSSR count). The first-order chi connectivity index (χ1) is 8.66. The summed E-state index contributed by atoms with van der Waals surface area (Å²) in [4.78, 5) is 30.8. The Morgan fingerprint density at radius 3 is 3.00 bits per heavy atom. The van der Waals surface area contributed by atoms with Gasteiger partial charge in [0.2, 0.25) is 0 Å². The number of ether oxygens (including phenoxy) is 1. The Morgan fingerprint density at radius 1 is 1.44 bits per heavy atom. The number of aromatic nitrogens is 2. The second kappa shape index (κ2) is 3.69. The van der Waals surface area contributed by atoms with Crippen LogP contribution in [0.2, 0.25) is 0 Å². The number of hydrogen-bond acceptors (Lipinski definition) is 4. The highest BCUT2D eigenvalue weighted by molar-refractivity contribution is 6.10. The zero-order valence-electron chi connectivity index (χ0n) is 9.51. The van der Waals surface area contributed by atoms with Crippen LogP contribution in [0.4, 0.5) is 4.79 Å². The van der Waals surface area contributed by atoms with Crippen molar-refractivity contribution in [2.45, 2.75) is 0 Å². The topological polar surface area (TPSA) is 75.3 Å². The summed E-state index contributed by atoms with van der Waals surface area (Å²) in [6.07, 6.45) is 5.97. The van der Waals surface area contributed by atoms with Crippen LogP contribution in [0.3, 0.4) is 0 Å². The number of nitrogens with one attached hydrogen (secondary N) is 1. The molecule has 1 aliphatic heterocycles. The van der Waals surface area contributed by atoms with E-state index in [2.05, 4.69) is 9.97 Å². The molecule has 0 atom stereocenters. The van der Waals surface area contributed by atoms with Crippen LogP contribution >= 0.6 is 0 Å². The summed E-state index contributed by atoms with van der Waals surface area (Å²) in [5.41, 5.74) is 1.63. The van der Waals surface area contributed by atoms with Crippen LogP contribution in [0.1, 0.15) is 5.56 Å². The quantitative estimate of drug-likeness (QED) is 0.770. The lowest BCUT2D eigenvalue weighted by Gasteiger charge is -1.96. The van der Waals surface area contributed by atoms with Gasteiger partial charge in [0.25, 0.3) is 5.91 Å². The van der Waals surface area contributed by atoms with Crippen LogP contribution in [-0.2, 0) is 9.53 Å². The predicted octanol–water partition coefficient (Wildman–Crippen LogP) is 1.51. The van der Waals surface area contributed by atoms with Crippen molar-refractivity contribution in [3.05, 3.63) is 36.0 Å². The summed E-state index contributed by atoms with van der Waals surface area (Å²) >= 11 is 0. The smallest absolute Gasteiger partial charge is 0.404 e. The third-order valence-electron chi connectivity index (χ3n) is 2.79. The summed E-state index contributed by atoms with van der Waals surface area (Å²) in [5, 5.41) is 0.913. The molecule has 1 aliphatic rings. The molecule has 0 aliphatic carbocycles. The van der Waals surface area contributed by atoms with E-state index in [1.807, 2.05) is 6.07 Å². The number of pyridine rings is 1. The third-order valence-corrected chi connectivity index (χ3v) is 2.79. The van der Waals surface area contributed by atoms with E-state index in [1.54, 1.807) is 24.7 Å². The molecule has 18 heavy (non-hydrogen) atoms. The van der Waals surface area contributed by atoms with Crippen molar-refractivity contribution in [1.29, 1.82) is 0 Å². The number of likely N-dealkylation sites (N-methyl/N-ethyl adjacent to an activating group) is 1. The van der Waals surface area contributed by atoms with E-state index < -0.39 is 12.0 Å². The molecule has 90 valence electrons. The number of H-pyrrole nitrogens is 1. The Balaban J connectivity index is 2.07. The largest absolute Gasteiger partial charge is 0.422 e. The van der Waals surface area contributed by atoms with Gasteiger partial charge in [-0.15, -0.1) is 0 Å². The fourth-order valence-corrected chi connectivity index (χ4v) is 1.80. The maximum Gasteiger partial charge on any atom is 0.422 e. The van der Waals surface area contributed by atoms with Gasteiger partial charge in [-0.25, -0.2) is 9.69 Å². The molecule has 0 spiro atoms. The minimum absolute atomic E-state index is 0.0280. The number of rotatable bonds is 1. The van der Waals surface area contributed by atoms with E-state index in [-0.39, 0.29) is 5.76 Å². The molecule has 2 aromatic rings. The monoisotopic (exact) mass is 243 g/mol. The number of imide groups is 1. The summed E-state index contributed by atoms with van der Waals surface area (Å²) in [6.45, 7) is 0. The van der Waals surface area contributed by atoms with E-state index in [0.29, 0.717) is 0 Å². The van der Waals surface area contributed by atoms with Crippen molar-refractivity contribution >= 4 is 29.0 Å². The van der Waals surface area contributed by atoms with Crippen LogP contribution in [-0.4, -0.2) is 33.9 Å². The maximum atomic E-state index is 11.7. The molecular weight excluding hydrogens is 234 g/mol. The van der Waals surface area contributed by atoms with Crippen LogP contribution < -0.4 is 0 Å². The zero-order valence-corrected chi connectivity index (χ0v) is 9.51. The van der Waals surface area contributed by atoms with Gasteiger partial charge >= 0.3 is 6.09 Å². The van der Waals surface area contributed by atoms with Gasteiger partial charge in [-0.3, -0.25) is 9.78 Å². The lowest BCUT2D eigenvalue weighted by molar-refractivity contribution is -0.122. The normalized spacial score (nSPS) is 17.8. The number of aromatic amines is 1. The average Bonchev–Trinajstić information content (AvgIpc) is 2.89. The minimum Gasteiger partial charge on any atom is -0.404 e. The first-order valence-electron chi connectivity index (χ1n) is 5.29. The van der Waals surface area contributed by atoms with Crippen molar-refractivity contribution in [3.8, 4) is 0 Å². The predicted molar refractivity (Wildman–Crippen MR) is 63.3 cm³/mol. The van der Waals surface area contributed by atoms with Crippen LogP contribution in [0.5, 0.6) is 0 Å². The van der Waals surface area contributed by atoms with Crippen LogP contribution in [0.15, 0.2) is 30.4 Å². The van der Waals surface area contributed by atoms with Gasteiger partial charge in [-0.05, 0) is 12.1 Å². The highest BCUT2D eigenvalue weighted by atomic mass is 16.6. The SMILES string of the molecule is CN1C(=O)O/C(=C\c2c[nH]c3cnccc23)C1=O. The van der Waals surface area contributed by atoms with Crippen LogP contribution in [0.25, 0.3) is 17.0 Å². The number of carbonyl (C=O) groups excluding carboxylic acids is 2. The average molecular weight is 243 g/mol. The van der Waals surface area contributed by atoms with Gasteiger partial charge in [-0.2, -0.15) is 0 Å². The highest BCUT2D eigenvalue weighted by Gasteiger charge is 2.33. The van der Waals surface area contributed by atoms with Crippen molar-refractivity contribution in [1.82, 2.24) is 14.9 Å². The summed E-state index contributed by atoms with van der Waals surface area (Å²) in [5.74, 6) is -0.413. The van der Waals surface area contributed by atoms with E-state index in [4.69, 9.17) is 4.74 Å². The highest BCUT2D eigenvalue weighted by Crippen LogP contribution is 2.23. The first kappa shape index (κ1) is 10.5. The van der Waals surface area contributed by atoms with Crippen molar-refractivity contribution in [2.24, 2.45) is 0 Å². The third kappa shape index (κ3) is 1.46. The summed E-state index contributed by atoms with van der Waals surface area (Å²) in [7, 11) is 1.38. The summed E-state index contributed by atoms with van der Waals surface area (Å²) in [6, 6.07) is 1.82. The van der Waals surface area contributed by atoms with Gasteiger partial charge in [0.05, 0.1) is 11.7 Å². The van der Waals surface area contributed by atoms with Gasteiger partial charge in [0, 0.05) is 30.4 Å². The second-order valence-electron chi connectivity index (χ2n) is 3.91. The van der Waals surface area contributed by atoms with Crippen LogP contribution in [0, 0.1) is 0 Å². The van der Waals surface area contributed by atoms with Crippen molar-refractivity contribution < 1.29 is 14.3 Å². The molecule has 1 saturated heterocycles. The molecule has 3 heterocycles. The molecule has 6 heteroatoms. The standard InChI is InChI=1S/C12H9N3O3/c1-15-11(16)10(18-12(15)17)4-7-5-14-9-6-13-3-2-8(7)9/h2-6,14H,1H3/b10-4-. The second-order valence-corrected chi connectivity index (χ2v) is 3.91. The van der Waals surface area contributed by atoms with Crippen molar-refractivity contribution in [3.63, 3.8) is 0 Å². The number of cyclic esters (lactones) is 1. The van der Waals surface area contributed by atoms with E-state index in [1.165, 1.54) is 7.05 Å². The van der Waals surface area contributed by atoms with Crippen molar-refractivity contribution in [2.75, 3.05) is 7.05 Å². The number of fused-ring (bicyclic) bond motifs is 1. The zero-order chi connectivity index (χ0) is 12.7. The Kier molecular flexibility index (Phi) is 2.16. The minimum atomic E-state index is -0.659. The number of carbonyl (C=O) groups is 2. The first-order valence-corrected chi connectivity index (χ1v) is 5.29. The Bertz CT molecular complexity index is 687. The van der Waals surface area contributed by atoms with E-state index in [0.717, 1.165) is 21.4 Å². The Labute approximate surface area is 102 Å². The molecular formula is C12H9N3O3. The van der Waals surface area contributed by atoms with E-state index >= 15 is 0 Å². The molecule has 0 aromatic carbocycles. The molecule has 0 bridgehead atoms. The fourth-order valence-electron chi connectivity index (χ4n) is 1.80. The molecule has 2 amide bonds. The molecule has 6 nitrogen and oxygen atoms in total. The Hall–Kier alpha value is -2.63. The van der Waals surface area contributed by atoms with Gasteiger partial charge in [0.15, 0.2) is 5.76 Å². The molecule has 0 saturated carbocycles. The lowest BCUT2D eigenvalue weighted by atomic mass is 10.2. The van der Waals surface area contributed by atoms with Gasteiger partial charge in [0.1, 0.15) is 0 Å². The van der Waals surface area contributed by atoms with Gasteiger partial charge in [-0.1, -0.05) is 0 Å². The van der Waals surface area contributed by atoms with E-state index in [9.17, 15) is 9.59 Å².